The first-order valence-electron chi connectivity index (χ1n) is 8.77. The Morgan fingerprint density at radius 1 is 1.33 bits per heavy atom. The zero-order chi connectivity index (χ0) is 17.7. The third kappa shape index (κ3) is 4.29. The summed E-state index contributed by atoms with van der Waals surface area (Å²) in [7, 11) is -0.119. The van der Waals surface area contributed by atoms with E-state index in [1.165, 1.54) is 0 Å². The molecule has 24 heavy (non-hydrogen) atoms. The highest BCUT2D eigenvalue weighted by Crippen LogP contribution is 2.31. The second-order valence-electron chi connectivity index (χ2n) is 6.69. The number of hydrogen-bond donors (Lipinski definition) is 0. The van der Waals surface area contributed by atoms with Crippen molar-refractivity contribution < 1.29 is 13.2 Å². The summed E-state index contributed by atoms with van der Waals surface area (Å²) in [4.78, 5) is 0. The predicted octanol–water partition coefficient (Wildman–Crippen LogP) is 3.44. The Kier molecular flexibility index (Phi) is 6.66. The SMILES string of the molecule is CCC[C@@H](c1cccc(OC)c1)N(C)S(=O)(=O)N1CCC(C)CC1. The van der Waals surface area contributed by atoms with Gasteiger partial charge in [-0.3, -0.25) is 0 Å². The van der Waals surface area contributed by atoms with Crippen molar-refractivity contribution in [1.82, 2.24) is 8.61 Å². The lowest BCUT2D eigenvalue weighted by atomic mass is 10.0. The van der Waals surface area contributed by atoms with Crippen LogP contribution in [0.5, 0.6) is 5.75 Å². The normalized spacial score (nSPS) is 18.7. The molecule has 0 radical (unpaired) electrons. The third-order valence-corrected chi connectivity index (χ3v) is 6.91. The van der Waals surface area contributed by atoms with E-state index in [0.717, 1.165) is 37.0 Å². The molecule has 136 valence electrons. The number of methoxy groups -OCH3 is 1. The monoisotopic (exact) mass is 354 g/mol. The molecule has 0 bridgehead atoms. The first kappa shape index (κ1) is 19.2. The molecule has 1 aromatic rings. The predicted molar refractivity (Wildman–Crippen MR) is 97.3 cm³/mol. The average molecular weight is 355 g/mol. The van der Waals surface area contributed by atoms with Gasteiger partial charge < -0.3 is 4.74 Å². The van der Waals surface area contributed by atoms with Crippen molar-refractivity contribution in [3.05, 3.63) is 29.8 Å². The molecule has 5 nitrogen and oxygen atoms in total. The van der Waals surface area contributed by atoms with Crippen LogP contribution >= 0.6 is 0 Å². The van der Waals surface area contributed by atoms with Gasteiger partial charge in [0.2, 0.25) is 0 Å². The Morgan fingerprint density at radius 3 is 2.58 bits per heavy atom. The van der Waals surface area contributed by atoms with Crippen LogP contribution in [0.3, 0.4) is 0 Å². The van der Waals surface area contributed by atoms with Crippen molar-refractivity contribution in [1.29, 1.82) is 0 Å². The van der Waals surface area contributed by atoms with Crippen molar-refractivity contribution in [2.24, 2.45) is 5.92 Å². The highest BCUT2D eigenvalue weighted by atomic mass is 32.2. The minimum atomic E-state index is -3.45. The smallest absolute Gasteiger partial charge is 0.282 e. The fourth-order valence-corrected chi connectivity index (χ4v) is 4.82. The zero-order valence-electron chi connectivity index (χ0n) is 15.2. The van der Waals surface area contributed by atoms with Gasteiger partial charge in [-0.2, -0.15) is 17.0 Å². The van der Waals surface area contributed by atoms with Crippen LogP contribution in [-0.4, -0.2) is 44.3 Å². The minimum Gasteiger partial charge on any atom is -0.497 e. The van der Waals surface area contributed by atoms with Gasteiger partial charge in [0.05, 0.1) is 13.2 Å². The van der Waals surface area contributed by atoms with Gasteiger partial charge in [-0.25, -0.2) is 0 Å². The number of benzene rings is 1. The summed E-state index contributed by atoms with van der Waals surface area (Å²) in [5, 5.41) is 0. The maximum absolute atomic E-state index is 13.1. The standard InChI is InChI=1S/C18H30N2O3S/c1-5-7-18(16-8-6-9-17(14-16)23-4)19(3)24(21,22)20-12-10-15(2)11-13-20/h6,8-9,14-15,18H,5,7,10-13H2,1-4H3/t18-/m0/s1. The average Bonchev–Trinajstić information content (AvgIpc) is 2.59. The number of hydrogen-bond acceptors (Lipinski definition) is 3. The van der Waals surface area contributed by atoms with Gasteiger partial charge in [-0.05, 0) is 42.9 Å². The van der Waals surface area contributed by atoms with Crippen LogP contribution in [-0.2, 0) is 10.2 Å². The van der Waals surface area contributed by atoms with E-state index in [1.807, 2.05) is 24.3 Å². The molecular formula is C18H30N2O3S. The van der Waals surface area contributed by atoms with Gasteiger partial charge in [0.1, 0.15) is 5.75 Å². The van der Waals surface area contributed by atoms with Crippen molar-refractivity contribution in [3.8, 4) is 5.75 Å². The topological polar surface area (TPSA) is 49.9 Å². The van der Waals surface area contributed by atoms with Crippen LogP contribution in [0.1, 0.15) is 51.1 Å². The van der Waals surface area contributed by atoms with E-state index in [2.05, 4.69) is 13.8 Å². The van der Waals surface area contributed by atoms with E-state index in [9.17, 15) is 8.42 Å². The molecule has 1 aliphatic heterocycles. The fraction of sp³-hybridized carbons (Fsp3) is 0.667. The molecule has 1 aliphatic rings. The molecule has 1 heterocycles. The van der Waals surface area contributed by atoms with Crippen molar-refractivity contribution in [2.45, 2.75) is 45.6 Å². The van der Waals surface area contributed by atoms with E-state index < -0.39 is 10.2 Å². The van der Waals surface area contributed by atoms with E-state index in [-0.39, 0.29) is 6.04 Å². The molecule has 6 heteroatoms. The van der Waals surface area contributed by atoms with Gasteiger partial charge in [-0.1, -0.05) is 32.4 Å². The molecule has 0 unspecified atom stereocenters. The summed E-state index contributed by atoms with van der Waals surface area (Å²) in [5.74, 6) is 1.36. The first-order chi connectivity index (χ1) is 11.4. The molecule has 1 aromatic carbocycles. The van der Waals surface area contributed by atoms with Crippen LogP contribution in [0, 0.1) is 5.92 Å². The lowest BCUT2D eigenvalue weighted by Gasteiger charge is -2.36. The molecule has 2 rings (SSSR count). The summed E-state index contributed by atoms with van der Waals surface area (Å²) >= 11 is 0. The van der Waals surface area contributed by atoms with Gasteiger partial charge in [-0.15, -0.1) is 0 Å². The number of nitrogens with zero attached hydrogens (tertiary/aromatic N) is 2. The van der Waals surface area contributed by atoms with Crippen LogP contribution in [0.25, 0.3) is 0 Å². The summed E-state index contributed by atoms with van der Waals surface area (Å²) < 4.78 is 34.6. The van der Waals surface area contributed by atoms with Crippen molar-refractivity contribution in [2.75, 3.05) is 27.2 Å². The Labute approximate surface area is 146 Å². The number of rotatable bonds is 7. The number of ether oxygens (including phenoxy) is 1. The molecule has 0 amide bonds. The van der Waals surface area contributed by atoms with Gasteiger partial charge in [0, 0.05) is 20.1 Å². The second-order valence-corrected chi connectivity index (χ2v) is 8.67. The lowest BCUT2D eigenvalue weighted by Crippen LogP contribution is -2.46. The Balaban J connectivity index is 2.25. The summed E-state index contributed by atoms with van der Waals surface area (Å²) in [6.45, 7) is 5.50. The maximum Gasteiger partial charge on any atom is 0.282 e. The molecule has 1 saturated heterocycles. The van der Waals surface area contributed by atoms with E-state index >= 15 is 0 Å². The van der Waals surface area contributed by atoms with Crippen molar-refractivity contribution in [3.63, 3.8) is 0 Å². The molecule has 0 N–H and O–H groups in total. The van der Waals surface area contributed by atoms with E-state index in [1.54, 1.807) is 22.8 Å². The van der Waals surface area contributed by atoms with Crippen LogP contribution in [0.2, 0.25) is 0 Å². The van der Waals surface area contributed by atoms with Crippen LogP contribution in [0.15, 0.2) is 24.3 Å². The Bertz CT molecular complexity index is 625. The molecule has 0 spiro atoms. The molecule has 0 aromatic heterocycles. The number of piperidine rings is 1. The summed E-state index contributed by atoms with van der Waals surface area (Å²) in [5.41, 5.74) is 0.979. The molecule has 1 fully saturated rings. The van der Waals surface area contributed by atoms with E-state index in [0.29, 0.717) is 19.0 Å². The highest BCUT2D eigenvalue weighted by Gasteiger charge is 2.34. The largest absolute Gasteiger partial charge is 0.497 e. The highest BCUT2D eigenvalue weighted by molar-refractivity contribution is 7.86. The molecule has 0 saturated carbocycles. The lowest BCUT2D eigenvalue weighted by molar-refractivity contribution is 0.254. The van der Waals surface area contributed by atoms with Crippen LogP contribution < -0.4 is 4.74 Å². The maximum atomic E-state index is 13.1. The quantitative estimate of drug-likeness (QED) is 0.753. The van der Waals surface area contributed by atoms with Crippen molar-refractivity contribution >= 4 is 10.2 Å². The molecular weight excluding hydrogens is 324 g/mol. The summed E-state index contributed by atoms with van der Waals surface area (Å²) in [6, 6.07) is 7.54. The van der Waals surface area contributed by atoms with Crippen LogP contribution in [0.4, 0.5) is 0 Å². The van der Waals surface area contributed by atoms with Gasteiger partial charge >= 0.3 is 0 Å². The molecule has 1 atom stereocenters. The minimum absolute atomic E-state index is 0.172. The molecule has 0 aliphatic carbocycles. The summed E-state index contributed by atoms with van der Waals surface area (Å²) in [6.07, 6.45) is 3.57. The second kappa shape index (κ2) is 8.32. The Morgan fingerprint density at radius 2 is 2.00 bits per heavy atom. The van der Waals surface area contributed by atoms with Gasteiger partial charge in [0.15, 0.2) is 0 Å². The van der Waals surface area contributed by atoms with Gasteiger partial charge in [0.25, 0.3) is 10.2 Å². The third-order valence-electron chi connectivity index (χ3n) is 4.91. The zero-order valence-corrected chi connectivity index (χ0v) is 16.1. The first-order valence-corrected chi connectivity index (χ1v) is 10.2. The Hall–Kier alpha value is -1.11. The van der Waals surface area contributed by atoms with E-state index in [4.69, 9.17) is 4.74 Å². The fourth-order valence-electron chi connectivity index (χ4n) is 3.24.